The highest BCUT2D eigenvalue weighted by Gasteiger charge is 2.61. The van der Waals surface area contributed by atoms with Crippen LogP contribution >= 0.6 is 0 Å². The van der Waals surface area contributed by atoms with Gasteiger partial charge in [-0.15, -0.1) is 0 Å². The van der Waals surface area contributed by atoms with Crippen molar-refractivity contribution in [1.29, 1.82) is 0 Å². The van der Waals surface area contributed by atoms with Crippen LogP contribution in [-0.2, 0) is 9.59 Å². The van der Waals surface area contributed by atoms with E-state index in [1.54, 1.807) is 0 Å². The minimum atomic E-state index is 0.0896. The largest absolute Gasteiger partial charge is 0.356 e. The molecule has 0 aromatic heterocycles. The van der Waals surface area contributed by atoms with Gasteiger partial charge in [-0.05, 0) is 81.1 Å². The maximum atomic E-state index is 13.2. The van der Waals surface area contributed by atoms with Gasteiger partial charge in [-0.3, -0.25) is 9.59 Å². The van der Waals surface area contributed by atoms with Crippen molar-refractivity contribution in [3.8, 4) is 0 Å². The second-order valence-corrected chi connectivity index (χ2v) is 12.0. The molecule has 4 heteroatoms. The Morgan fingerprint density at radius 3 is 2.52 bits per heavy atom. The smallest absolute Gasteiger partial charge is 0.246 e. The lowest BCUT2D eigenvalue weighted by molar-refractivity contribution is -0.144. The molecule has 1 aliphatic heterocycles. The van der Waals surface area contributed by atoms with Crippen LogP contribution in [0.25, 0.3) is 0 Å². The highest BCUT2D eigenvalue weighted by atomic mass is 16.2. The van der Waals surface area contributed by atoms with Crippen molar-refractivity contribution < 1.29 is 9.59 Å². The van der Waals surface area contributed by atoms with Gasteiger partial charge in [-0.1, -0.05) is 59.0 Å². The lowest BCUT2D eigenvalue weighted by atomic mass is 9.47. The average Bonchev–Trinajstić information content (AvgIpc) is 3.16. The Kier molecular flexibility index (Phi) is 7.60. The molecular formula is C29H48N2O2. The normalized spacial score (nSPS) is 39.7. The third kappa shape index (κ3) is 4.41. The van der Waals surface area contributed by atoms with Crippen molar-refractivity contribution in [2.24, 2.45) is 34.5 Å². The first kappa shape index (κ1) is 24.8. The number of likely N-dealkylation sites (N-methyl/N-ethyl adjacent to an activating group) is 1. The molecule has 3 saturated carbocycles. The summed E-state index contributed by atoms with van der Waals surface area (Å²) in [6, 6.07) is 0.350. The van der Waals surface area contributed by atoms with E-state index in [1.165, 1.54) is 51.4 Å². The summed E-state index contributed by atoms with van der Waals surface area (Å²) < 4.78 is 0. The minimum absolute atomic E-state index is 0.0896. The summed E-state index contributed by atoms with van der Waals surface area (Å²) in [4.78, 5) is 27.9. The standard InChI is InChI=1S/C29H48N2O2/c1-5-7-8-9-10-11-20-30-27(33)24-14-13-22-21-12-15-25-29(4,19-17-26(32)31(25)6-2)23(21)16-18-28(22,24)3/h17,19,21-25H,5-16,18,20H2,1-4H3,(H,30,33)/t21-,22-,23-,24+,25+,28-,29+/m0/s1. The first-order valence-corrected chi connectivity index (χ1v) is 14.1. The molecule has 3 fully saturated rings. The molecule has 3 aliphatic carbocycles. The SMILES string of the molecule is CCCCCCCCNC(=O)[C@H]1CC[C@H]2[C@@H]3CC[C@H]4N(CC)C(=O)C=C[C@]4(C)[C@H]3CC[C@]12C. The lowest BCUT2D eigenvalue weighted by Crippen LogP contribution is -2.60. The topological polar surface area (TPSA) is 49.4 Å². The average molecular weight is 457 g/mol. The van der Waals surface area contributed by atoms with Crippen molar-refractivity contribution in [3.05, 3.63) is 12.2 Å². The predicted octanol–water partition coefficient (Wildman–Crippen LogP) is 6.11. The van der Waals surface area contributed by atoms with E-state index in [9.17, 15) is 9.59 Å². The van der Waals surface area contributed by atoms with Gasteiger partial charge in [0, 0.05) is 30.5 Å². The number of unbranched alkanes of at least 4 members (excludes halogenated alkanes) is 5. The molecule has 1 N–H and O–H groups in total. The number of nitrogens with zero attached hydrogens (tertiary/aromatic N) is 1. The van der Waals surface area contributed by atoms with Crippen molar-refractivity contribution in [1.82, 2.24) is 10.2 Å². The molecule has 33 heavy (non-hydrogen) atoms. The van der Waals surface area contributed by atoms with Gasteiger partial charge >= 0.3 is 0 Å². The number of amides is 2. The predicted molar refractivity (Wildman–Crippen MR) is 135 cm³/mol. The first-order chi connectivity index (χ1) is 15.9. The number of rotatable bonds is 9. The zero-order valence-electron chi connectivity index (χ0n) is 21.7. The molecule has 0 unspecified atom stereocenters. The molecule has 2 amide bonds. The number of fused-ring (bicyclic) bond motifs is 5. The van der Waals surface area contributed by atoms with Crippen LogP contribution in [0.1, 0.15) is 105 Å². The number of hydrogen-bond donors (Lipinski definition) is 1. The maximum Gasteiger partial charge on any atom is 0.246 e. The van der Waals surface area contributed by atoms with E-state index in [4.69, 9.17) is 0 Å². The Hall–Kier alpha value is -1.32. The molecule has 0 saturated heterocycles. The number of carbonyl (C=O) groups excluding carboxylic acids is 2. The molecule has 0 bridgehead atoms. The Morgan fingerprint density at radius 2 is 1.76 bits per heavy atom. The lowest BCUT2D eigenvalue weighted by Gasteiger charge is -2.60. The highest BCUT2D eigenvalue weighted by molar-refractivity contribution is 5.89. The van der Waals surface area contributed by atoms with Crippen molar-refractivity contribution >= 4 is 11.8 Å². The fourth-order valence-corrected chi connectivity index (χ4v) is 8.64. The summed E-state index contributed by atoms with van der Waals surface area (Å²) in [7, 11) is 0. The van der Waals surface area contributed by atoms with Gasteiger partial charge < -0.3 is 10.2 Å². The fraction of sp³-hybridized carbons (Fsp3) is 0.862. The van der Waals surface area contributed by atoms with Crippen LogP contribution in [0.3, 0.4) is 0 Å². The molecule has 4 nitrogen and oxygen atoms in total. The summed E-state index contributed by atoms with van der Waals surface area (Å²) >= 11 is 0. The molecule has 1 heterocycles. The van der Waals surface area contributed by atoms with Gasteiger partial charge in [0.15, 0.2) is 0 Å². The van der Waals surface area contributed by atoms with E-state index in [0.717, 1.165) is 38.8 Å². The Balaban J connectivity index is 1.38. The second kappa shape index (κ2) is 10.1. The summed E-state index contributed by atoms with van der Waals surface area (Å²) in [5.41, 5.74) is 0.237. The van der Waals surface area contributed by atoms with E-state index in [0.29, 0.717) is 29.7 Å². The van der Waals surface area contributed by atoms with Crippen LogP contribution in [0.2, 0.25) is 0 Å². The Morgan fingerprint density at radius 1 is 1.00 bits per heavy atom. The molecule has 4 rings (SSSR count). The molecular weight excluding hydrogens is 408 g/mol. The van der Waals surface area contributed by atoms with Crippen LogP contribution in [0.4, 0.5) is 0 Å². The fourth-order valence-electron chi connectivity index (χ4n) is 8.64. The molecule has 7 atom stereocenters. The zero-order chi connectivity index (χ0) is 23.6. The van der Waals surface area contributed by atoms with E-state index in [-0.39, 0.29) is 22.7 Å². The van der Waals surface area contributed by atoms with Crippen LogP contribution in [0.5, 0.6) is 0 Å². The summed E-state index contributed by atoms with van der Waals surface area (Å²) in [6.45, 7) is 10.9. The molecule has 0 radical (unpaired) electrons. The van der Waals surface area contributed by atoms with Gasteiger partial charge in [0.05, 0.1) is 0 Å². The molecule has 4 aliphatic rings. The van der Waals surface area contributed by atoms with Crippen LogP contribution in [0.15, 0.2) is 12.2 Å². The summed E-state index contributed by atoms with van der Waals surface area (Å²) in [5.74, 6) is 2.69. The van der Waals surface area contributed by atoms with Gasteiger partial charge in [0.2, 0.25) is 11.8 Å². The first-order valence-electron chi connectivity index (χ1n) is 14.1. The van der Waals surface area contributed by atoms with Gasteiger partial charge in [0.25, 0.3) is 0 Å². The summed E-state index contributed by atoms with van der Waals surface area (Å²) in [5, 5.41) is 3.32. The minimum Gasteiger partial charge on any atom is -0.356 e. The number of nitrogens with one attached hydrogen (secondary N) is 1. The van der Waals surface area contributed by atoms with Crippen LogP contribution in [-0.4, -0.2) is 35.8 Å². The quantitative estimate of drug-likeness (QED) is 0.426. The second-order valence-electron chi connectivity index (χ2n) is 12.0. The van der Waals surface area contributed by atoms with Crippen LogP contribution < -0.4 is 5.32 Å². The monoisotopic (exact) mass is 456 g/mol. The van der Waals surface area contributed by atoms with Crippen molar-refractivity contribution in [3.63, 3.8) is 0 Å². The van der Waals surface area contributed by atoms with Crippen molar-refractivity contribution in [2.45, 2.75) is 111 Å². The van der Waals surface area contributed by atoms with Crippen LogP contribution in [0, 0.1) is 34.5 Å². The van der Waals surface area contributed by atoms with Gasteiger partial charge in [0.1, 0.15) is 0 Å². The highest BCUT2D eigenvalue weighted by Crippen LogP contribution is 2.65. The maximum absolute atomic E-state index is 13.2. The van der Waals surface area contributed by atoms with E-state index in [1.807, 2.05) is 6.08 Å². The third-order valence-electron chi connectivity index (χ3n) is 10.5. The zero-order valence-corrected chi connectivity index (χ0v) is 21.7. The third-order valence-corrected chi connectivity index (χ3v) is 10.5. The molecule has 0 spiro atoms. The Labute approximate surface area is 202 Å². The van der Waals surface area contributed by atoms with Crippen molar-refractivity contribution in [2.75, 3.05) is 13.1 Å². The van der Waals surface area contributed by atoms with E-state index < -0.39 is 0 Å². The molecule has 186 valence electrons. The molecule has 0 aromatic rings. The van der Waals surface area contributed by atoms with Gasteiger partial charge in [-0.25, -0.2) is 0 Å². The van der Waals surface area contributed by atoms with E-state index in [2.05, 4.69) is 44.0 Å². The molecule has 0 aromatic carbocycles. The van der Waals surface area contributed by atoms with Gasteiger partial charge in [-0.2, -0.15) is 0 Å². The Bertz CT molecular complexity index is 748. The summed E-state index contributed by atoms with van der Waals surface area (Å²) in [6.07, 6.45) is 18.7. The number of carbonyl (C=O) groups is 2. The van der Waals surface area contributed by atoms with E-state index >= 15 is 0 Å². The number of hydrogen-bond acceptors (Lipinski definition) is 2.